The van der Waals surface area contributed by atoms with Gasteiger partial charge >= 0.3 is 0 Å². The van der Waals surface area contributed by atoms with Crippen molar-refractivity contribution < 1.29 is 13.9 Å². The molecule has 0 aliphatic rings. The third kappa shape index (κ3) is 3.46. The lowest BCUT2D eigenvalue weighted by atomic mass is 9.99. The Hall–Kier alpha value is -1.78. The van der Waals surface area contributed by atoms with Gasteiger partial charge in [0.05, 0.1) is 19.2 Å². The molecule has 5 heteroatoms. The molecule has 0 amide bonds. The number of nitrogens with two attached hydrogens (primary N) is 1. The second-order valence-electron chi connectivity index (χ2n) is 4.64. The van der Waals surface area contributed by atoms with E-state index in [0.717, 1.165) is 5.56 Å². The lowest BCUT2D eigenvalue weighted by Crippen LogP contribution is -2.14. The quantitative estimate of drug-likeness (QED) is 0.915. The second-order valence-corrected chi connectivity index (χ2v) is 5.05. The minimum absolute atomic E-state index is 0.264. The number of ether oxygens (including phenoxy) is 2. The molecule has 0 bridgehead atoms. The minimum Gasteiger partial charge on any atom is -0.493 e. The molecule has 3 nitrogen and oxygen atoms in total. The van der Waals surface area contributed by atoms with Crippen molar-refractivity contribution in [3.63, 3.8) is 0 Å². The van der Waals surface area contributed by atoms with Gasteiger partial charge in [-0.1, -0.05) is 29.8 Å². The Morgan fingerprint density at radius 2 is 1.90 bits per heavy atom. The summed E-state index contributed by atoms with van der Waals surface area (Å²) in [6, 6.07) is 9.66. The number of hydrogen-bond donors (Lipinski definition) is 1. The summed E-state index contributed by atoms with van der Waals surface area (Å²) in [6.45, 7) is 0. The molecule has 2 N–H and O–H groups in total. The van der Waals surface area contributed by atoms with E-state index in [1.807, 2.05) is 0 Å². The van der Waals surface area contributed by atoms with Gasteiger partial charge in [-0.2, -0.15) is 0 Å². The van der Waals surface area contributed by atoms with E-state index in [1.165, 1.54) is 20.3 Å². The normalized spacial score (nSPS) is 12.0. The zero-order valence-corrected chi connectivity index (χ0v) is 12.7. The average Bonchev–Trinajstić information content (AvgIpc) is 2.48. The predicted molar refractivity (Wildman–Crippen MR) is 81.6 cm³/mol. The predicted octanol–water partition coefficient (Wildman–Crippen LogP) is 3.74. The Kier molecular flexibility index (Phi) is 5.04. The molecule has 0 fully saturated rings. The Balaban J connectivity index is 2.29. The fourth-order valence-corrected chi connectivity index (χ4v) is 2.47. The van der Waals surface area contributed by atoms with Crippen molar-refractivity contribution in [3.8, 4) is 11.5 Å². The maximum absolute atomic E-state index is 13.7. The van der Waals surface area contributed by atoms with Crippen LogP contribution in [0.15, 0.2) is 36.4 Å². The van der Waals surface area contributed by atoms with Crippen LogP contribution in [0.1, 0.15) is 17.2 Å². The van der Waals surface area contributed by atoms with Gasteiger partial charge in [-0.25, -0.2) is 4.39 Å². The summed E-state index contributed by atoms with van der Waals surface area (Å²) < 4.78 is 24.1. The molecule has 1 atom stereocenters. The lowest BCUT2D eigenvalue weighted by molar-refractivity contribution is 0.354. The van der Waals surface area contributed by atoms with Crippen molar-refractivity contribution in [2.75, 3.05) is 14.2 Å². The molecule has 1 unspecified atom stereocenters. The summed E-state index contributed by atoms with van der Waals surface area (Å²) in [7, 11) is 3.04. The Bertz CT molecular complexity index is 634. The van der Waals surface area contributed by atoms with E-state index >= 15 is 0 Å². The first-order valence-corrected chi connectivity index (χ1v) is 6.85. The van der Waals surface area contributed by atoms with Crippen LogP contribution in [0.3, 0.4) is 0 Å². The van der Waals surface area contributed by atoms with Crippen molar-refractivity contribution in [2.45, 2.75) is 12.5 Å². The summed E-state index contributed by atoms with van der Waals surface area (Å²) in [6.07, 6.45) is 0.373. The summed E-state index contributed by atoms with van der Waals surface area (Å²) in [5, 5.41) is 0.413. The standard InChI is InChI=1S/C16H17ClFNO2/c1-20-15-9-11(7-12(17)16(15)21-2)14(19)8-10-5-3-4-6-13(10)18/h3-7,9,14H,8,19H2,1-2H3. The average molecular weight is 310 g/mol. The van der Waals surface area contributed by atoms with Crippen LogP contribution >= 0.6 is 11.6 Å². The SMILES string of the molecule is COc1cc(C(N)Cc2ccccc2F)cc(Cl)c1OC. The zero-order valence-electron chi connectivity index (χ0n) is 11.9. The minimum atomic E-state index is -0.390. The van der Waals surface area contributed by atoms with Gasteiger partial charge in [0.25, 0.3) is 0 Å². The highest BCUT2D eigenvalue weighted by Gasteiger charge is 2.16. The summed E-state index contributed by atoms with van der Waals surface area (Å²) >= 11 is 6.16. The first-order valence-electron chi connectivity index (χ1n) is 6.47. The smallest absolute Gasteiger partial charge is 0.179 e. The molecule has 0 saturated carbocycles. The maximum atomic E-state index is 13.7. The molecule has 2 aromatic carbocycles. The van der Waals surface area contributed by atoms with Gasteiger partial charge in [0.2, 0.25) is 0 Å². The zero-order chi connectivity index (χ0) is 15.4. The van der Waals surface area contributed by atoms with Crippen molar-refractivity contribution in [1.29, 1.82) is 0 Å². The largest absolute Gasteiger partial charge is 0.493 e. The number of halogens is 2. The van der Waals surface area contributed by atoms with Gasteiger partial charge in [0.15, 0.2) is 11.5 Å². The molecule has 0 radical (unpaired) electrons. The second kappa shape index (κ2) is 6.78. The van der Waals surface area contributed by atoms with Crippen LogP contribution in [-0.4, -0.2) is 14.2 Å². The topological polar surface area (TPSA) is 44.5 Å². The molecule has 0 aliphatic heterocycles. The molecule has 0 aromatic heterocycles. The van der Waals surface area contributed by atoms with Crippen LogP contribution in [-0.2, 0) is 6.42 Å². The molecular formula is C16H17ClFNO2. The van der Waals surface area contributed by atoms with E-state index in [0.29, 0.717) is 28.5 Å². The fraction of sp³-hybridized carbons (Fsp3) is 0.250. The number of rotatable bonds is 5. The monoisotopic (exact) mass is 309 g/mol. The van der Waals surface area contributed by atoms with Crippen molar-refractivity contribution in [3.05, 3.63) is 58.4 Å². The molecule has 0 saturated heterocycles. The van der Waals surface area contributed by atoms with Gasteiger partial charge in [-0.15, -0.1) is 0 Å². The van der Waals surface area contributed by atoms with E-state index in [1.54, 1.807) is 30.3 Å². The molecule has 0 aliphatic carbocycles. The molecule has 21 heavy (non-hydrogen) atoms. The number of methoxy groups -OCH3 is 2. The van der Waals surface area contributed by atoms with Crippen LogP contribution in [0.25, 0.3) is 0 Å². The first kappa shape index (κ1) is 15.6. The van der Waals surface area contributed by atoms with Crippen LogP contribution in [0.2, 0.25) is 5.02 Å². The van der Waals surface area contributed by atoms with Crippen LogP contribution in [0, 0.1) is 5.82 Å². The first-order chi connectivity index (χ1) is 10.1. The van der Waals surface area contributed by atoms with E-state index < -0.39 is 0 Å². The van der Waals surface area contributed by atoms with E-state index in [2.05, 4.69) is 0 Å². The van der Waals surface area contributed by atoms with Gasteiger partial charge < -0.3 is 15.2 Å². The lowest BCUT2D eigenvalue weighted by Gasteiger charge is -2.16. The maximum Gasteiger partial charge on any atom is 0.179 e. The fourth-order valence-electron chi connectivity index (χ4n) is 2.17. The molecular weight excluding hydrogens is 293 g/mol. The highest BCUT2D eigenvalue weighted by Crippen LogP contribution is 2.37. The highest BCUT2D eigenvalue weighted by atomic mass is 35.5. The number of hydrogen-bond acceptors (Lipinski definition) is 3. The van der Waals surface area contributed by atoms with Crippen molar-refractivity contribution in [2.24, 2.45) is 5.73 Å². The molecule has 2 rings (SSSR count). The summed E-state index contributed by atoms with van der Waals surface area (Å²) in [4.78, 5) is 0. The molecule has 2 aromatic rings. The van der Waals surface area contributed by atoms with Gasteiger partial charge in [-0.3, -0.25) is 0 Å². The van der Waals surface area contributed by atoms with Crippen LogP contribution in [0.4, 0.5) is 4.39 Å². The third-order valence-electron chi connectivity index (χ3n) is 3.28. The molecule has 112 valence electrons. The van der Waals surface area contributed by atoms with Gasteiger partial charge in [-0.05, 0) is 35.7 Å². The Morgan fingerprint density at radius 1 is 1.19 bits per heavy atom. The third-order valence-corrected chi connectivity index (χ3v) is 3.56. The molecule has 0 spiro atoms. The van der Waals surface area contributed by atoms with E-state index in [9.17, 15) is 4.39 Å². The highest BCUT2D eigenvalue weighted by molar-refractivity contribution is 6.32. The summed E-state index contributed by atoms with van der Waals surface area (Å²) in [5.41, 5.74) is 7.49. The van der Waals surface area contributed by atoms with Gasteiger partial charge in [0.1, 0.15) is 5.82 Å². The summed E-state index contributed by atoms with van der Waals surface area (Å²) in [5.74, 6) is 0.699. The Morgan fingerprint density at radius 3 is 2.52 bits per heavy atom. The van der Waals surface area contributed by atoms with Crippen molar-refractivity contribution >= 4 is 11.6 Å². The van der Waals surface area contributed by atoms with Crippen LogP contribution < -0.4 is 15.2 Å². The van der Waals surface area contributed by atoms with E-state index in [-0.39, 0.29) is 11.9 Å². The van der Waals surface area contributed by atoms with E-state index in [4.69, 9.17) is 26.8 Å². The van der Waals surface area contributed by atoms with Crippen molar-refractivity contribution in [1.82, 2.24) is 0 Å². The van der Waals surface area contributed by atoms with Gasteiger partial charge in [0, 0.05) is 6.04 Å². The van der Waals surface area contributed by atoms with Crippen LogP contribution in [0.5, 0.6) is 11.5 Å². The molecule has 0 heterocycles. The number of benzene rings is 2. The Labute approximate surface area is 128 Å².